The molecule has 3 rings (SSSR count). The first-order valence-corrected chi connectivity index (χ1v) is 8.67. The highest BCUT2D eigenvalue weighted by Crippen LogP contribution is 2.28. The normalized spacial score (nSPS) is 26.5. The van der Waals surface area contributed by atoms with Crippen molar-refractivity contribution in [1.29, 1.82) is 0 Å². The fraction of sp³-hybridized carbons (Fsp3) is 0.238. The largest absolute Gasteiger partial charge is 0.459 e. The third-order valence-corrected chi connectivity index (χ3v) is 4.52. The molecule has 0 aromatic heterocycles. The van der Waals surface area contributed by atoms with Gasteiger partial charge in [-0.1, -0.05) is 42.5 Å². The van der Waals surface area contributed by atoms with Crippen molar-refractivity contribution in [2.75, 3.05) is 6.61 Å². The average molecular weight is 384 g/mol. The summed E-state index contributed by atoms with van der Waals surface area (Å²) in [5.41, 5.74) is -1.71. The highest BCUT2D eigenvalue weighted by atomic mass is 16.6. The van der Waals surface area contributed by atoms with Crippen LogP contribution in [0.1, 0.15) is 20.7 Å². The van der Waals surface area contributed by atoms with Crippen LogP contribution >= 0.6 is 0 Å². The molecule has 0 heterocycles. The van der Waals surface area contributed by atoms with Crippen LogP contribution in [0.25, 0.3) is 0 Å². The lowest BCUT2D eigenvalue weighted by Crippen LogP contribution is -2.61. The number of benzene rings is 2. The van der Waals surface area contributed by atoms with Gasteiger partial charge in [0.15, 0.2) is 5.60 Å². The molecule has 7 heteroatoms. The fourth-order valence-corrected chi connectivity index (χ4v) is 2.83. The highest BCUT2D eigenvalue weighted by Gasteiger charge is 2.50. The number of aliphatic hydroxyl groups excluding tert-OH is 2. The standard InChI is InChI=1S/C21H20O7/c22-17-12-11-16(28-20(25)15-9-5-2-6-10-15)18(23)21(17,26)13-27-19(24)14-7-3-1-4-8-14/h1-12,16-18,22-23,26H,13H2/t16-,17-,18+,21-/m0/s1. The topological polar surface area (TPSA) is 113 Å². The zero-order valence-electron chi connectivity index (χ0n) is 14.8. The average Bonchev–Trinajstić information content (AvgIpc) is 2.74. The van der Waals surface area contributed by atoms with Gasteiger partial charge in [0, 0.05) is 0 Å². The van der Waals surface area contributed by atoms with Gasteiger partial charge < -0.3 is 24.8 Å². The van der Waals surface area contributed by atoms with Crippen LogP contribution in [0.4, 0.5) is 0 Å². The van der Waals surface area contributed by atoms with Crippen LogP contribution in [0.2, 0.25) is 0 Å². The van der Waals surface area contributed by atoms with E-state index in [-0.39, 0.29) is 11.1 Å². The zero-order chi connectivity index (χ0) is 20.1. The van der Waals surface area contributed by atoms with Crippen molar-refractivity contribution < 1.29 is 34.4 Å². The molecule has 0 spiro atoms. The zero-order valence-corrected chi connectivity index (χ0v) is 14.8. The van der Waals surface area contributed by atoms with Crippen molar-refractivity contribution in [3.63, 3.8) is 0 Å². The Morgan fingerprint density at radius 2 is 1.39 bits per heavy atom. The van der Waals surface area contributed by atoms with E-state index in [9.17, 15) is 24.9 Å². The molecule has 2 aromatic rings. The van der Waals surface area contributed by atoms with Gasteiger partial charge in [-0.25, -0.2) is 9.59 Å². The summed E-state index contributed by atoms with van der Waals surface area (Å²) in [6.45, 7) is -0.688. The van der Waals surface area contributed by atoms with Gasteiger partial charge in [0.05, 0.1) is 11.1 Å². The van der Waals surface area contributed by atoms with Crippen molar-refractivity contribution in [3.05, 3.63) is 83.9 Å². The fourth-order valence-electron chi connectivity index (χ4n) is 2.83. The third kappa shape index (κ3) is 4.12. The van der Waals surface area contributed by atoms with Gasteiger partial charge in [-0.3, -0.25) is 0 Å². The summed E-state index contributed by atoms with van der Waals surface area (Å²) >= 11 is 0. The Bertz CT molecular complexity index is 850. The highest BCUT2D eigenvalue weighted by molar-refractivity contribution is 5.90. The lowest BCUT2D eigenvalue weighted by Gasteiger charge is -2.40. The summed E-state index contributed by atoms with van der Waals surface area (Å²) in [7, 11) is 0. The van der Waals surface area contributed by atoms with Crippen LogP contribution in [-0.4, -0.2) is 57.8 Å². The van der Waals surface area contributed by atoms with Gasteiger partial charge in [0.1, 0.15) is 24.9 Å². The van der Waals surface area contributed by atoms with E-state index in [1.807, 2.05) is 0 Å². The predicted octanol–water partition coefficient (Wildman–Crippen LogP) is 1.09. The first-order chi connectivity index (χ1) is 13.4. The number of hydrogen-bond donors (Lipinski definition) is 3. The van der Waals surface area contributed by atoms with Crippen molar-refractivity contribution in [2.45, 2.75) is 23.9 Å². The minimum Gasteiger partial charge on any atom is -0.459 e. The minimum absolute atomic E-state index is 0.258. The molecule has 1 aliphatic rings. The Kier molecular flexibility index (Phi) is 5.89. The molecule has 28 heavy (non-hydrogen) atoms. The van der Waals surface area contributed by atoms with E-state index < -0.39 is 42.5 Å². The lowest BCUT2D eigenvalue weighted by molar-refractivity contribution is -0.183. The molecule has 0 bridgehead atoms. The molecule has 0 aliphatic heterocycles. The Labute approximate surface area is 161 Å². The van der Waals surface area contributed by atoms with Gasteiger partial charge in [-0.05, 0) is 30.3 Å². The maximum atomic E-state index is 12.2. The smallest absolute Gasteiger partial charge is 0.338 e. The number of hydrogen-bond acceptors (Lipinski definition) is 7. The summed E-state index contributed by atoms with van der Waals surface area (Å²) in [6.07, 6.45) is -1.98. The maximum Gasteiger partial charge on any atom is 0.338 e. The SMILES string of the molecule is O=C(OC[C@@]1(O)[C@H](O)[C@@H](OC(=O)c2ccccc2)C=C[C@@H]1O)c1ccccc1. The molecule has 1 aliphatic carbocycles. The first-order valence-electron chi connectivity index (χ1n) is 8.67. The van der Waals surface area contributed by atoms with Gasteiger partial charge in [0.2, 0.25) is 0 Å². The molecule has 0 radical (unpaired) electrons. The Morgan fingerprint density at radius 3 is 1.96 bits per heavy atom. The summed E-state index contributed by atoms with van der Waals surface area (Å²) < 4.78 is 10.3. The van der Waals surface area contributed by atoms with E-state index in [2.05, 4.69) is 0 Å². The second kappa shape index (κ2) is 8.35. The summed E-state index contributed by atoms with van der Waals surface area (Å²) in [6, 6.07) is 16.2. The predicted molar refractivity (Wildman–Crippen MR) is 98.5 cm³/mol. The molecule has 146 valence electrons. The Morgan fingerprint density at radius 1 is 0.857 bits per heavy atom. The van der Waals surface area contributed by atoms with E-state index in [1.165, 1.54) is 24.3 Å². The lowest BCUT2D eigenvalue weighted by atomic mass is 9.83. The Hall–Kier alpha value is -3.00. The van der Waals surface area contributed by atoms with Crippen LogP contribution in [0.5, 0.6) is 0 Å². The summed E-state index contributed by atoms with van der Waals surface area (Å²) in [5.74, 6) is -1.42. The molecule has 0 saturated carbocycles. The first kappa shape index (κ1) is 19.8. The minimum atomic E-state index is -2.24. The monoisotopic (exact) mass is 384 g/mol. The van der Waals surface area contributed by atoms with E-state index in [0.29, 0.717) is 0 Å². The van der Waals surface area contributed by atoms with Crippen molar-refractivity contribution in [1.82, 2.24) is 0 Å². The molecule has 4 atom stereocenters. The number of rotatable bonds is 5. The molecule has 0 unspecified atom stereocenters. The number of esters is 2. The van der Waals surface area contributed by atoms with Gasteiger partial charge >= 0.3 is 11.9 Å². The summed E-state index contributed by atoms with van der Waals surface area (Å²) in [5, 5.41) is 31.4. The molecule has 0 fully saturated rings. The van der Waals surface area contributed by atoms with Crippen LogP contribution < -0.4 is 0 Å². The molecule has 0 amide bonds. The van der Waals surface area contributed by atoms with Crippen LogP contribution in [0, 0.1) is 0 Å². The molecule has 7 nitrogen and oxygen atoms in total. The van der Waals surface area contributed by atoms with Crippen molar-refractivity contribution in [2.24, 2.45) is 0 Å². The van der Waals surface area contributed by atoms with E-state index in [0.717, 1.165) is 0 Å². The van der Waals surface area contributed by atoms with Gasteiger partial charge in [0.25, 0.3) is 0 Å². The molecular weight excluding hydrogens is 364 g/mol. The second-order valence-electron chi connectivity index (χ2n) is 6.44. The maximum absolute atomic E-state index is 12.2. The van der Waals surface area contributed by atoms with Gasteiger partial charge in [-0.2, -0.15) is 0 Å². The van der Waals surface area contributed by atoms with Gasteiger partial charge in [-0.15, -0.1) is 0 Å². The van der Waals surface area contributed by atoms with E-state index in [1.54, 1.807) is 48.5 Å². The second-order valence-corrected chi connectivity index (χ2v) is 6.44. The van der Waals surface area contributed by atoms with Crippen LogP contribution in [0.15, 0.2) is 72.8 Å². The van der Waals surface area contributed by atoms with Crippen LogP contribution in [-0.2, 0) is 9.47 Å². The molecular formula is C21H20O7. The number of ether oxygens (including phenoxy) is 2. The molecule has 3 N–H and O–H groups in total. The molecule has 2 aromatic carbocycles. The number of carbonyl (C=O) groups is 2. The summed E-state index contributed by atoms with van der Waals surface area (Å²) in [4.78, 5) is 24.3. The van der Waals surface area contributed by atoms with Crippen LogP contribution in [0.3, 0.4) is 0 Å². The Balaban J connectivity index is 1.69. The number of carbonyl (C=O) groups excluding carboxylic acids is 2. The van der Waals surface area contributed by atoms with Crippen molar-refractivity contribution in [3.8, 4) is 0 Å². The van der Waals surface area contributed by atoms with Crippen molar-refractivity contribution >= 4 is 11.9 Å². The quantitative estimate of drug-likeness (QED) is 0.522. The molecule has 0 saturated heterocycles. The van der Waals surface area contributed by atoms with E-state index >= 15 is 0 Å². The van der Waals surface area contributed by atoms with E-state index in [4.69, 9.17) is 9.47 Å². The number of aliphatic hydroxyl groups is 3. The third-order valence-electron chi connectivity index (χ3n) is 4.52.